The Bertz CT molecular complexity index is 832. The van der Waals surface area contributed by atoms with E-state index in [0.717, 1.165) is 11.1 Å². The summed E-state index contributed by atoms with van der Waals surface area (Å²) in [5.74, 6) is 0.635. The first-order chi connectivity index (χ1) is 12.2. The van der Waals surface area contributed by atoms with Gasteiger partial charge in [0.2, 0.25) is 5.91 Å². The minimum absolute atomic E-state index is 0.0810. The van der Waals surface area contributed by atoms with Crippen LogP contribution >= 0.6 is 11.6 Å². The van der Waals surface area contributed by atoms with Gasteiger partial charge in [-0.25, -0.2) is 0 Å². The molecule has 0 heterocycles. The van der Waals surface area contributed by atoms with E-state index in [9.17, 15) is 4.79 Å². The predicted molar refractivity (Wildman–Crippen MR) is 101 cm³/mol. The fourth-order valence-electron chi connectivity index (χ4n) is 2.40. The Balaban J connectivity index is 1.57. The summed E-state index contributed by atoms with van der Waals surface area (Å²) in [6.07, 6.45) is 0.298. The van der Waals surface area contributed by atoms with Crippen LogP contribution in [0.3, 0.4) is 0 Å². The van der Waals surface area contributed by atoms with E-state index in [4.69, 9.17) is 16.3 Å². The van der Waals surface area contributed by atoms with Crippen LogP contribution in [-0.4, -0.2) is 5.91 Å². The maximum absolute atomic E-state index is 12.2. The first kappa shape index (κ1) is 17.1. The summed E-state index contributed by atoms with van der Waals surface area (Å²) < 4.78 is 5.78. The number of nitrogens with one attached hydrogen (secondary N) is 1. The van der Waals surface area contributed by atoms with Gasteiger partial charge in [-0.05, 0) is 35.4 Å². The second-order valence-electron chi connectivity index (χ2n) is 5.65. The van der Waals surface area contributed by atoms with Gasteiger partial charge in [0.15, 0.2) is 0 Å². The second-order valence-corrected chi connectivity index (χ2v) is 6.09. The highest BCUT2D eigenvalue weighted by Gasteiger charge is 2.05. The molecule has 0 aliphatic carbocycles. The SMILES string of the molecule is O=C(Cc1ccc(Cl)cc1)Nc1cccc(OCc2ccccc2)c1. The topological polar surface area (TPSA) is 38.3 Å². The number of carbonyl (C=O) groups excluding carboxylic acids is 1. The van der Waals surface area contributed by atoms with Crippen molar-refractivity contribution >= 4 is 23.2 Å². The fraction of sp³-hybridized carbons (Fsp3) is 0.0952. The van der Waals surface area contributed by atoms with E-state index in [1.165, 1.54) is 0 Å². The molecule has 3 rings (SSSR count). The minimum Gasteiger partial charge on any atom is -0.489 e. The van der Waals surface area contributed by atoms with Gasteiger partial charge in [0.25, 0.3) is 0 Å². The van der Waals surface area contributed by atoms with Crippen molar-refractivity contribution in [2.75, 3.05) is 5.32 Å². The predicted octanol–water partition coefficient (Wildman–Crippen LogP) is 5.10. The fourth-order valence-corrected chi connectivity index (χ4v) is 2.52. The summed E-state index contributed by atoms with van der Waals surface area (Å²) >= 11 is 5.85. The molecule has 3 aromatic carbocycles. The molecule has 0 spiro atoms. The molecule has 4 heteroatoms. The number of anilines is 1. The molecule has 126 valence electrons. The lowest BCUT2D eigenvalue weighted by Gasteiger charge is -2.09. The van der Waals surface area contributed by atoms with Gasteiger partial charge < -0.3 is 10.1 Å². The highest BCUT2D eigenvalue weighted by atomic mass is 35.5. The summed E-state index contributed by atoms with van der Waals surface area (Å²) in [6, 6.07) is 24.6. The van der Waals surface area contributed by atoms with E-state index in [1.807, 2.05) is 66.7 Å². The lowest BCUT2D eigenvalue weighted by Crippen LogP contribution is -2.14. The Labute approximate surface area is 152 Å². The van der Waals surface area contributed by atoms with Crippen molar-refractivity contribution in [3.8, 4) is 5.75 Å². The molecular weight excluding hydrogens is 334 g/mol. The normalized spacial score (nSPS) is 10.3. The zero-order valence-corrected chi connectivity index (χ0v) is 14.4. The summed E-state index contributed by atoms with van der Waals surface area (Å²) in [4.78, 5) is 12.2. The zero-order chi connectivity index (χ0) is 17.5. The Morgan fingerprint density at radius 1 is 0.880 bits per heavy atom. The third-order valence-electron chi connectivity index (χ3n) is 3.64. The number of carbonyl (C=O) groups is 1. The highest BCUT2D eigenvalue weighted by molar-refractivity contribution is 6.30. The molecule has 0 bridgehead atoms. The number of amides is 1. The molecule has 0 aliphatic rings. The van der Waals surface area contributed by atoms with Crippen LogP contribution in [0, 0.1) is 0 Å². The van der Waals surface area contributed by atoms with E-state index in [0.29, 0.717) is 29.5 Å². The number of benzene rings is 3. The van der Waals surface area contributed by atoms with Crippen molar-refractivity contribution in [3.05, 3.63) is 95.0 Å². The molecule has 0 fully saturated rings. The molecule has 0 aliphatic heterocycles. The molecule has 0 radical (unpaired) electrons. The van der Waals surface area contributed by atoms with Gasteiger partial charge in [-0.2, -0.15) is 0 Å². The smallest absolute Gasteiger partial charge is 0.228 e. The van der Waals surface area contributed by atoms with Crippen molar-refractivity contribution in [3.63, 3.8) is 0 Å². The number of rotatable bonds is 6. The van der Waals surface area contributed by atoms with Crippen LogP contribution < -0.4 is 10.1 Å². The van der Waals surface area contributed by atoms with Crippen molar-refractivity contribution in [2.24, 2.45) is 0 Å². The number of hydrogen-bond acceptors (Lipinski definition) is 2. The summed E-state index contributed by atoms with van der Waals surface area (Å²) in [7, 11) is 0. The van der Waals surface area contributed by atoms with Crippen molar-refractivity contribution in [2.45, 2.75) is 13.0 Å². The minimum atomic E-state index is -0.0810. The van der Waals surface area contributed by atoms with Gasteiger partial charge >= 0.3 is 0 Å². The molecule has 0 aromatic heterocycles. The van der Waals surface area contributed by atoms with Crippen LogP contribution in [0.5, 0.6) is 5.75 Å². The molecule has 1 amide bonds. The molecule has 0 unspecified atom stereocenters. The van der Waals surface area contributed by atoms with Crippen LogP contribution in [0.25, 0.3) is 0 Å². The van der Waals surface area contributed by atoms with Crippen LogP contribution in [0.15, 0.2) is 78.9 Å². The van der Waals surface area contributed by atoms with Gasteiger partial charge in [-0.1, -0.05) is 60.1 Å². The lowest BCUT2D eigenvalue weighted by molar-refractivity contribution is -0.115. The molecule has 25 heavy (non-hydrogen) atoms. The third kappa shape index (κ3) is 5.37. The van der Waals surface area contributed by atoms with E-state index in [1.54, 1.807) is 12.1 Å². The molecule has 1 N–H and O–H groups in total. The number of halogens is 1. The second kappa shape index (κ2) is 8.36. The molecular formula is C21H18ClNO2. The maximum atomic E-state index is 12.2. The van der Waals surface area contributed by atoms with Crippen molar-refractivity contribution in [1.82, 2.24) is 0 Å². The quantitative estimate of drug-likeness (QED) is 0.671. The summed E-state index contributed by atoms with van der Waals surface area (Å²) in [5.41, 5.74) is 2.72. The van der Waals surface area contributed by atoms with Crippen LogP contribution in [-0.2, 0) is 17.8 Å². The van der Waals surface area contributed by atoms with Crippen LogP contribution in [0.1, 0.15) is 11.1 Å². The van der Waals surface area contributed by atoms with E-state index in [-0.39, 0.29) is 5.91 Å². The molecule has 0 atom stereocenters. The van der Waals surface area contributed by atoms with E-state index < -0.39 is 0 Å². The van der Waals surface area contributed by atoms with Gasteiger partial charge in [-0.15, -0.1) is 0 Å². The standard InChI is InChI=1S/C21H18ClNO2/c22-18-11-9-16(10-12-18)13-21(24)23-19-7-4-8-20(14-19)25-15-17-5-2-1-3-6-17/h1-12,14H,13,15H2,(H,23,24). The zero-order valence-electron chi connectivity index (χ0n) is 13.6. The van der Waals surface area contributed by atoms with E-state index >= 15 is 0 Å². The lowest BCUT2D eigenvalue weighted by atomic mass is 10.1. The van der Waals surface area contributed by atoms with Gasteiger partial charge in [0.05, 0.1) is 6.42 Å². The first-order valence-electron chi connectivity index (χ1n) is 8.00. The monoisotopic (exact) mass is 351 g/mol. The summed E-state index contributed by atoms with van der Waals surface area (Å²) in [6.45, 7) is 0.489. The third-order valence-corrected chi connectivity index (χ3v) is 3.90. The Hall–Kier alpha value is -2.78. The van der Waals surface area contributed by atoms with Crippen molar-refractivity contribution < 1.29 is 9.53 Å². The highest BCUT2D eigenvalue weighted by Crippen LogP contribution is 2.19. The maximum Gasteiger partial charge on any atom is 0.228 e. The Kier molecular flexibility index (Phi) is 5.70. The molecule has 3 aromatic rings. The molecule has 3 nitrogen and oxygen atoms in total. The molecule has 0 saturated carbocycles. The number of hydrogen-bond donors (Lipinski definition) is 1. The largest absolute Gasteiger partial charge is 0.489 e. The van der Waals surface area contributed by atoms with E-state index in [2.05, 4.69) is 5.32 Å². The van der Waals surface area contributed by atoms with Gasteiger partial charge in [0, 0.05) is 16.8 Å². The van der Waals surface area contributed by atoms with Gasteiger partial charge in [0.1, 0.15) is 12.4 Å². The molecule has 0 saturated heterocycles. The first-order valence-corrected chi connectivity index (χ1v) is 8.38. The van der Waals surface area contributed by atoms with Crippen LogP contribution in [0.4, 0.5) is 5.69 Å². The average molecular weight is 352 g/mol. The summed E-state index contributed by atoms with van der Waals surface area (Å²) in [5, 5.41) is 3.55. The van der Waals surface area contributed by atoms with Gasteiger partial charge in [-0.3, -0.25) is 4.79 Å². The van der Waals surface area contributed by atoms with Crippen molar-refractivity contribution in [1.29, 1.82) is 0 Å². The Morgan fingerprint density at radius 3 is 2.40 bits per heavy atom. The Morgan fingerprint density at radius 2 is 1.64 bits per heavy atom. The average Bonchev–Trinajstić information content (AvgIpc) is 2.63. The van der Waals surface area contributed by atoms with Crippen LogP contribution in [0.2, 0.25) is 5.02 Å². The number of ether oxygens (including phenoxy) is 1.